The maximum absolute atomic E-state index is 11.0. The number of hydrogen-bond donors (Lipinski definition) is 2. The summed E-state index contributed by atoms with van der Waals surface area (Å²) < 4.78 is 7.61. The standard InChI is InChI=1S/C18H18Br2N2O2/c1-3-8-24-18-13(9-14(19)10-17(18)20)11-21-15-4-6-16(7-5-15)22-12(2)23/h3-7,9-10,21H,1,8,11H2,2H3,(H,22,23). The molecule has 0 spiro atoms. The van der Waals surface area contributed by atoms with Gasteiger partial charge in [-0.3, -0.25) is 4.79 Å². The van der Waals surface area contributed by atoms with E-state index in [0.717, 1.165) is 31.6 Å². The monoisotopic (exact) mass is 452 g/mol. The number of carbonyl (C=O) groups is 1. The topological polar surface area (TPSA) is 50.4 Å². The zero-order chi connectivity index (χ0) is 17.5. The van der Waals surface area contributed by atoms with Gasteiger partial charge < -0.3 is 15.4 Å². The van der Waals surface area contributed by atoms with Crippen LogP contribution in [0.3, 0.4) is 0 Å². The van der Waals surface area contributed by atoms with Crippen molar-refractivity contribution in [3.05, 3.63) is 63.6 Å². The summed E-state index contributed by atoms with van der Waals surface area (Å²) in [5.41, 5.74) is 2.74. The number of amides is 1. The lowest BCUT2D eigenvalue weighted by molar-refractivity contribution is -0.114. The van der Waals surface area contributed by atoms with E-state index in [0.29, 0.717) is 13.2 Å². The third-order valence-corrected chi connectivity index (χ3v) is 4.17. The normalized spacial score (nSPS) is 10.1. The highest BCUT2D eigenvalue weighted by atomic mass is 79.9. The number of ether oxygens (including phenoxy) is 1. The van der Waals surface area contributed by atoms with Crippen LogP contribution in [0.1, 0.15) is 12.5 Å². The second-order valence-corrected chi connectivity index (χ2v) is 6.86. The fraction of sp³-hybridized carbons (Fsp3) is 0.167. The first-order valence-electron chi connectivity index (χ1n) is 7.32. The Hall–Kier alpha value is -1.79. The molecule has 0 aliphatic carbocycles. The Bertz CT molecular complexity index is 731. The summed E-state index contributed by atoms with van der Waals surface area (Å²) >= 11 is 7.03. The number of anilines is 2. The maximum Gasteiger partial charge on any atom is 0.221 e. The number of benzene rings is 2. The van der Waals surface area contributed by atoms with E-state index in [1.54, 1.807) is 6.08 Å². The molecule has 0 radical (unpaired) electrons. The van der Waals surface area contributed by atoms with Gasteiger partial charge in [-0.1, -0.05) is 28.6 Å². The van der Waals surface area contributed by atoms with E-state index < -0.39 is 0 Å². The lowest BCUT2D eigenvalue weighted by Gasteiger charge is -2.14. The van der Waals surface area contributed by atoms with Crippen LogP contribution in [0, 0.1) is 0 Å². The largest absolute Gasteiger partial charge is 0.488 e. The van der Waals surface area contributed by atoms with Crippen LogP contribution >= 0.6 is 31.9 Å². The van der Waals surface area contributed by atoms with Crippen LogP contribution in [0.4, 0.5) is 11.4 Å². The molecule has 2 N–H and O–H groups in total. The molecule has 4 nitrogen and oxygen atoms in total. The first-order valence-corrected chi connectivity index (χ1v) is 8.91. The molecule has 0 aromatic heterocycles. The molecule has 24 heavy (non-hydrogen) atoms. The number of halogens is 2. The van der Waals surface area contributed by atoms with Crippen molar-refractivity contribution in [1.29, 1.82) is 0 Å². The molecule has 0 fully saturated rings. The molecular weight excluding hydrogens is 436 g/mol. The molecule has 2 rings (SSSR count). The second-order valence-electron chi connectivity index (χ2n) is 5.09. The minimum Gasteiger partial charge on any atom is -0.488 e. The number of rotatable bonds is 7. The summed E-state index contributed by atoms with van der Waals surface area (Å²) in [4.78, 5) is 11.0. The van der Waals surface area contributed by atoms with Gasteiger partial charge >= 0.3 is 0 Å². The molecule has 0 aliphatic rings. The zero-order valence-corrected chi connectivity index (χ0v) is 16.4. The van der Waals surface area contributed by atoms with E-state index in [-0.39, 0.29) is 5.91 Å². The highest BCUT2D eigenvalue weighted by molar-refractivity contribution is 9.11. The SMILES string of the molecule is C=CCOc1c(Br)cc(Br)cc1CNc1ccc(NC(C)=O)cc1. The van der Waals surface area contributed by atoms with Crippen LogP contribution in [0.25, 0.3) is 0 Å². The quantitative estimate of drug-likeness (QED) is 0.555. The minimum atomic E-state index is -0.0845. The Kier molecular flexibility index (Phi) is 6.87. The third-order valence-electron chi connectivity index (χ3n) is 3.12. The molecule has 2 aromatic rings. The first kappa shape index (κ1) is 18.5. The van der Waals surface area contributed by atoms with Gasteiger partial charge in [0, 0.05) is 34.9 Å². The van der Waals surface area contributed by atoms with Crippen molar-refractivity contribution in [1.82, 2.24) is 0 Å². The molecule has 0 atom stereocenters. The first-order chi connectivity index (χ1) is 11.5. The molecule has 2 aromatic carbocycles. The van der Waals surface area contributed by atoms with Gasteiger partial charge in [0.1, 0.15) is 12.4 Å². The molecule has 0 saturated carbocycles. The molecule has 0 saturated heterocycles. The van der Waals surface area contributed by atoms with Crippen LogP contribution in [0.2, 0.25) is 0 Å². The van der Waals surface area contributed by atoms with Gasteiger partial charge in [-0.05, 0) is 52.3 Å². The fourth-order valence-electron chi connectivity index (χ4n) is 2.12. The summed E-state index contributed by atoms with van der Waals surface area (Å²) in [7, 11) is 0. The summed E-state index contributed by atoms with van der Waals surface area (Å²) in [6, 6.07) is 11.5. The van der Waals surface area contributed by atoms with E-state index in [1.165, 1.54) is 6.92 Å². The highest BCUT2D eigenvalue weighted by Crippen LogP contribution is 2.33. The van der Waals surface area contributed by atoms with E-state index in [9.17, 15) is 4.79 Å². The Morgan fingerprint density at radius 3 is 2.50 bits per heavy atom. The summed E-state index contributed by atoms with van der Waals surface area (Å²) in [5, 5.41) is 6.10. The van der Waals surface area contributed by atoms with Crippen molar-refractivity contribution < 1.29 is 9.53 Å². The molecule has 1 amide bonds. The molecular formula is C18H18Br2N2O2. The Morgan fingerprint density at radius 2 is 1.88 bits per heavy atom. The van der Waals surface area contributed by atoms with E-state index in [4.69, 9.17) is 4.74 Å². The predicted molar refractivity (Wildman–Crippen MR) is 106 cm³/mol. The predicted octanol–water partition coefficient (Wildman–Crippen LogP) is 5.35. The van der Waals surface area contributed by atoms with Crippen molar-refractivity contribution in [2.75, 3.05) is 17.2 Å². The molecule has 0 bridgehead atoms. The molecule has 126 valence electrons. The van der Waals surface area contributed by atoms with Crippen LogP contribution in [0.15, 0.2) is 58.0 Å². The van der Waals surface area contributed by atoms with Crippen molar-refractivity contribution in [2.24, 2.45) is 0 Å². The Balaban J connectivity index is 2.10. The average molecular weight is 454 g/mol. The average Bonchev–Trinajstić information content (AvgIpc) is 2.52. The third kappa shape index (κ3) is 5.39. The van der Waals surface area contributed by atoms with E-state index >= 15 is 0 Å². The smallest absolute Gasteiger partial charge is 0.221 e. The minimum absolute atomic E-state index is 0.0845. The van der Waals surface area contributed by atoms with Gasteiger partial charge in [0.15, 0.2) is 0 Å². The Labute approximate surface area is 158 Å². The second kappa shape index (κ2) is 8.89. The lowest BCUT2D eigenvalue weighted by atomic mass is 10.2. The van der Waals surface area contributed by atoms with Gasteiger partial charge in [-0.2, -0.15) is 0 Å². The van der Waals surface area contributed by atoms with Gasteiger partial charge in [-0.25, -0.2) is 0 Å². The fourth-order valence-corrected chi connectivity index (χ4v) is 3.55. The lowest BCUT2D eigenvalue weighted by Crippen LogP contribution is -2.06. The number of nitrogens with one attached hydrogen (secondary N) is 2. The Morgan fingerprint density at radius 1 is 1.21 bits per heavy atom. The molecule has 0 heterocycles. The van der Waals surface area contributed by atoms with Crippen LogP contribution in [-0.4, -0.2) is 12.5 Å². The van der Waals surface area contributed by atoms with Crippen molar-refractivity contribution in [2.45, 2.75) is 13.5 Å². The van der Waals surface area contributed by atoms with E-state index in [1.807, 2.05) is 36.4 Å². The van der Waals surface area contributed by atoms with E-state index in [2.05, 4.69) is 49.1 Å². The number of carbonyl (C=O) groups excluding carboxylic acids is 1. The number of hydrogen-bond acceptors (Lipinski definition) is 3. The van der Waals surface area contributed by atoms with Crippen LogP contribution < -0.4 is 15.4 Å². The summed E-state index contributed by atoms with van der Waals surface area (Å²) in [6.07, 6.45) is 1.71. The summed E-state index contributed by atoms with van der Waals surface area (Å²) in [5.74, 6) is 0.708. The molecule has 0 aliphatic heterocycles. The van der Waals surface area contributed by atoms with Crippen molar-refractivity contribution in [3.63, 3.8) is 0 Å². The van der Waals surface area contributed by atoms with Gasteiger partial charge in [-0.15, -0.1) is 0 Å². The molecule has 6 heteroatoms. The van der Waals surface area contributed by atoms with Crippen molar-refractivity contribution in [3.8, 4) is 5.75 Å². The van der Waals surface area contributed by atoms with Gasteiger partial charge in [0.05, 0.1) is 4.47 Å². The zero-order valence-electron chi connectivity index (χ0n) is 13.2. The summed E-state index contributed by atoms with van der Waals surface area (Å²) in [6.45, 7) is 6.21. The maximum atomic E-state index is 11.0. The van der Waals surface area contributed by atoms with Crippen LogP contribution in [0.5, 0.6) is 5.75 Å². The van der Waals surface area contributed by atoms with Gasteiger partial charge in [0.2, 0.25) is 5.91 Å². The van der Waals surface area contributed by atoms with Crippen LogP contribution in [-0.2, 0) is 11.3 Å². The van der Waals surface area contributed by atoms with Gasteiger partial charge in [0.25, 0.3) is 0 Å². The molecule has 0 unspecified atom stereocenters. The van der Waals surface area contributed by atoms with Crippen molar-refractivity contribution >= 4 is 49.1 Å². The highest BCUT2D eigenvalue weighted by Gasteiger charge is 2.10.